The number of nitrogens with one attached hydrogen (secondary N) is 1. The highest BCUT2D eigenvalue weighted by atomic mass is 32.2. The predicted molar refractivity (Wildman–Crippen MR) is 114 cm³/mol. The second-order valence-corrected chi connectivity index (χ2v) is 7.53. The van der Waals surface area contributed by atoms with E-state index in [-0.39, 0.29) is 11.5 Å². The van der Waals surface area contributed by atoms with Crippen molar-refractivity contribution in [3.05, 3.63) is 45.2 Å². The minimum atomic E-state index is -0.271. The third kappa shape index (κ3) is 4.25. The van der Waals surface area contributed by atoms with Crippen LogP contribution in [0.2, 0.25) is 0 Å². The van der Waals surface area contributed by atoms with E-state index in [4.69, 9.17) is 21.7 Å². The van der Waals surface area contributed by atoms with Crippen molar-refractivity contribution in [2.45, 2.75) is 0 Å². The van der Waals surface area contributed by atoms with E-state index in [1.54, 1.807) is 44.7 Å². The summed E-state index contributed by atoms with van der Waals surface area (Å²) < 4.78 is 12.0. The van der Waals surface area contributed by atoms with E-state index in [1.165, 1.54) is 9.30 Å². The number of fused-ring (bicyclic) bond motifs is 1. The number of hydrogen-bond donors (Lipinski definition) is 1. The zero-order valence-corrected chi connectivity index (χ0v) is 17.1. The van der Waals surface area contributed by atoms with Crippen molar-refractivity contribution in [3.63, 3.8) is 0 Å². The molecule has 0 bridgehead atoms. The lowest BCUT2D eigenvalue weighted by Crippen LogP contribution is -2.31. The van der Waals surface area contributed by atoms with Gasteiger partial charge < -0.3 is 14.8 Å². The number of anilines is 1. The Morgan fingerprint density at radius 3 is 2.79 bits per heavy atom. The van der Waals surface area contributed by atoms with Gasteiger partial charge in [-0.25, -0.2) is 4.98 Å². The highest BCUT2D eigenvalue weighted by Crippen LogP contribution is 2.32. The number of thioether (sulfide) groups is 1. The van der Waals surface area contributed by atoms with Gasteiger partial charge >= 0.3 is 0 Å². The number of ether oxygens (including phenoxy) is 2. The number of rotatable bonds is 8. The first-order valence-electron chi connectivity index (χ1n) is 8.55. The van der Waals surface area contributed by atoms with E-state index in [1.807, 2.05) is 0 Å². The van der Waals surface area contributed by atoms with Crippen LogP contribution in [0.5, 0.6) is 0 Å². The van der Waals surface area contributed by atoms with Crippen LogP contribution >= 0.6 is 24.0 Å². The molecule has 1 aliphatic rings. The molecule has 0 radical (unpaired) electrons. The Balaban J connectivity index is 2.03. The van der Waals surface area contributed by atoms with Gasteiger partial charge in [0.1, 0.15) is 15.8 Å². The van der Waals surface area contributed by atoms with Crippen LogP contribution in [-0.2, 0) is 14.3 Å². The summed E-state index contributed by atoms with van der Waals surface area (Å²) >= 11 is 6.46. The number of hydrogen-bond acceptors (Lipinski definition) is 8. The molecule has 0 aliphatic carbocycles. The van der Waals surface area contributed by atoms with Gasteiger partial charge in [0, 0.05) is 27.0 Å². The second-order valence-electron chi connectivity index (χ2n) is 5.85. The standard InChI is InChI=1S/C18H20N4O4S2/c1-25-9-6-19-15-12(16(23)21-7-4-3-5-14(21)20-15)11-13-17(24)22(8-10-26-2)18(27)28-13/h3-5,7,11,19H,6,8-10H2,1-2H3/b13-11-. The summed E-state index contributed by atoms with van der Waals surface area (Å²) in [6.45, 7) is 1.67. The molecule has 1 aliphatic heterocycles. The Kier molecular flexibility index (Phi) is 6.79. The van der Waals surface area contributed by atoms with Crippen molar-refractivity contribution in [1.29, 1.82) is 0 Å². The fourth-order valence-electron chi connectivity index (χ4n) is 2.65. The summed E-state index contributed by atoms with van der Waals surface area (Å²) in [4.78, 5) is 32.1. The minimum Gasteiger partial charge on any atom is -0.383 e. The minimum absolute atomic E-state index is 0.243. The lowest BCUT2D eigenvalue weighted by molar-refractivity contribution is -0.122. The molecule has 0 spiro atoms. The maximum absolute atomic E-state index is 13.0. The van der Waals surface area contributed by atoms with E-state index >= 15 is 0 Å². The number of carbonyl (C=O) groups excluding carboxylic acids is 1. The van der Waals surface area contributed by atoms with Gasteiger partial charge in [0.2, 0.25) is 0 Å². The van der Waals surface area contributed by atoms with Crippen LogP contribution in [0.1, 0.15) is 5.56 Å². The largest absolute Gasteiger partial charge is 0.383 e. The quantitative estimate of drug-likeness (QED) is 0.392. The molecule has 1 amide bonds. The van der Waals surface area contributed by atoms with Crippen molar-refractivity contribution in [2.24, 2.45) is 0 Å². The number of methoxy groups -OCH3 is 2. The molecule has 148 valence electrons. The third-order valence-corrected chi connectivity index (χ3v) is 5.41. The van der Waals surface area contributed by atoms with Crippen LogP contribution < -0.4 is 10.9 Å². The van der Waals surface area contributed by atoms with Gasteiger partial charge in [-0.2, -0.15) is 0 Å². The van der Waals surface area contributed by atoms with Crippen LogP contribution in [-0.4, -0.2) is 65.0 Å². The molecular weight excluding hydrogens is 400 g/mol. The molecule has 2 aromatic rings. The van der Waals surface area contributed by atoms with Crippen molar-refractivity contribution in [3.8, 4) is 0 Å². The van der Waals surface area contributed by atoms with Crippen LogP contribution in [0, 0.1) is 0 Å². The SMILES string of the molecule is COCCNc1nc2ccccn2c(=O)c1/C=C1\SC(=S)N(CCOC)C1=O. The Morgan fingerprint density at radius 2 is 2.04 bits per heavy atom. The maximum Gasteiger partial charge on any atom is 0.267 e. The van der Waals surface area contributed by atoms with Gasteiger partial charge in [-0.3, -0.25) is 18.9 Å². The molecule has 3 rings (SSSR count). The van der Waals surface area contributed by atoms with Crippen LogP contribution in [0.25, 0.3) is 11.7 Å². The van der Waals surface area contributed by atoms with Crippen LogP contribution in [0.3, 0.4) is 0 Å². The second kappa shape index (κ2) is 9.28. The van der Waals surface area contributed by atoms with Gasteiger partial charge in [0.15, 0.2) is 0 Å². The zero-order chi connectivity index (χ0) is 20.1. The molecule has 10 heteroatoms. The van der Waals surface area contributed by atoms with Crippen LogP contribution in [0.15, 0.2) is 34.1 Å². The summed E-state index contributed by atoms with van der Waals surface area (Å²) in [7, 11) is 3.16. The first-order chi connectivity index (χ1) is 13.6. The molecule has 0 saturated carbocycles. The third-order valence-electron chi connectivity index (χ3n) is 4.04. The molecule has 3 heterocycles. The number of thiocarbonyl (C=S) groups is 1. The lowest BCUT2D eigenvalue weighted by Gasteiger charge is -2.13. The number of pyridine rings is 1. The van der Waals surface area contributed by atoms with Crippen molar-refractivity contribution in [2.75, 3.05) is 45.8 Å². The molecule has 1 fully saturated rings. The average molecular weight is 421 g/mol. The molecule has 0 atom stereocenters. The van der Waals surface area contributed by atoms with E-state index in [0.29, 0.717) is 52.6 Å². The first-order valence-corrected chi connectivity index (χ1v) is 9.77. The van der Waals surface area contributed by atoms with Crippen molar-refractivity contribution in [1.82, 2.24) is 14.3 Å². The smallest absolute Gasteiger partial charge is 0.267 e. The topological polar surface area (TPSA) is 85.2 Å². The molecule has 1 saturated heterocycles. The Bertz CT molecular complexity index is 989. The van der Waals surface area contributed by atoms with E-state index < -0.39 is 0 Å². The van der Waals surface area contributed by atoms with Crippen LogP contribution in [0.4, 0.5) is 5.82 Å². The van der Waals surface area contributed by atoms with Gasteiger partial charge in [0.05, 0.1) is 30.2 Å². The monoisotopic (exact) mass is 420 g/mol. The highest BCUT2D eigenvalue weighted by molar-refractivity contribution is 8.26. The lowest BCUT2D eigenvalue weighted by atomic mass is 10.2. The Morgan fingerprint density at radius 1 is 1.25 bits per heavy atom. The van der Waals surface area contributed by atoms with Gasteiger partial charge in [-0.1, -0.05) is 30.0 Å². The van der Waals surface area contributed by atoms with E-state index in [9.17, 15) is 9.59 Å². The number of amides is 1. The number of carbonyl (C=O) groups is 1. The summed E-state index contributed by atoms with van der Waals surface area (Å²) in [5.74, 6) is 0.155. The first kappa shape index (κ1) is 20.5. The number of aromatic nitrogens is 2. The maximum atomic E-state index is 13.0. The molecule has 8 nitrogen and oxygen atoms in total. The molecular formula is C18H20N4O4S2. The fourth-order valence-corrected chi connectivity index (χ4v) is 3.94. The predicted octanol–water partition coefficient (Wildman–Crippen LogP) is 1.60. The molecule has 1 N–H and O–H groups in total. The van der Waals surface area contributed by atoms with Gasteiger partial charge in [0.25, 0.3) is 11.5 Å². The zero-order valence-electron chi connectivity index (χ0n) is 15.5. The normalized spacial score (nSPS) is 15.8. The van der Waals surface area contributed by atoms with Crippen molar-refractivity contribution >= 4 is 51.7 Å². The molecule has 0 unspecified atom stereocenters. The summed E-state index contributed by atoms with van der Waals surface area (Å²) in [5.41, 5.74) is 0.539. The molecule has 2 aromatic heterocycles. The summed E-state index contributed by atoms with van der Waals surface area (Å²) in [6, 6.07) is 5.31. The van der Waals surface area contributed by atoms with Gasteiger partial charge in [-0.05, 0) is 18.2 Å². The highest BCUT2D eigenvalue weighted by Gasteiger charge is 2.32. The Hall–Kier alpha value is -2.27. The fraction of sp³-hybridized carbons (Fsp3) is 0.333. The average Bonchev–Trinajstić information content (AvgIpc) is 2.96. The Labute approximate surface area is 171 Å². The molecule has 28 heavy (non-hydrogen) atoms. The van der Waals surface area contributed by atoms with Crippen molar-refractivity contribution < 1.29 is 14.3 Å². The summed E-state index contributed by atoms with van der Waals surface area (Å²) in [5, 5.41) is 3.11. The van der Waals surface area contributed by atoms with Gasteiger partial charge in [-0.15, -0.1) is 0 Å². The molecule has 0 aromatic carbocycles. The summed E-state index contributed by atoms with van der Waals surface area (Å²) in [6.07, 6.45) is 3.20. The number of nitrogens with zero attached hydrogens (tertiary/aromatic N) is 3. The van der Waals surface area contributed by atoms with E-state index in [0.717, 1.165) is 11.8 Å². The van der Waals surface area contributed by atoms with E-state index in [2.05, 4.69) is 10.3 Å².